The van der Waals surface area contributed by atoms with Crippen molar-refractivity contribution in [2.24, 2.45) is 0 Å². The van der Waals surface area contributed by atoms with Crippen molar-refractivity contribution in [3.63, 3.8) is 0 Å². The average Bonchev–Trinajstić information content (AvgIpc) is 2.51. The van der Waals surface area contributed by atoms with Crippen molar-refractivity contribution < 1.29 is 4.42 Å². The lowest BCUT2D eigenvalue weighted by Gasteiger charge is -1.94. The fourth-order valence-electron chi connectivity index (χ4n) is 0.784. The van der Waals surface area contributed by atoms with Crippen molar-refractivity contribution in [3.05, 3.63) is 23.4 Å². The average molecular weight is 229 g/mol. The van der Waals surface area contributed by atoms with E-state index in [9.17, 15) is 0 Å². The van der Waals surface area contributed by atoms with Crippen LogP contribution in [0, 0.1) is 6.92 Å². The van der Waals surface area contributed by atoms with Crippen molar-refractivity contribution in [1.82, 2.24) is 20.2 Å². The minimum atomic E-state index is 0.339. The van der Waals surface area contributed by atoms with Crippen LogP contribution in [0.5, 0.6) is 0 Å². The van der Waals surface area contributed by atoms with E-state index in [4.69, 9.17) is 16.0 Å². The highest BCUT2D eigenvalue weighted by Gasteiger charge is 2.06. The molecular weight excluding hydrogens is 224 g/mol. The highest BCUT2D eigenvalue weighted by Crippen LogP contribution is 2.24. The van der Waals surface area contributed by atoms with Gasteiger partial charge < -0.3 is 4.42 Å². The number of aryl methyl sites for hydroxylation is 1. The van der Waals surface area contributed by atoms with Crippen LogP contribution in [0.2, 0.25) is 5.15 Å². The Kier molecular flexibility index (Phi) is 2.64. The minimum Gasteiger partial charge on any atom is -0.416 e. The largest absolute Gasteiger partial charge is 0.416 e. The van der Waals surface area contributed by atoms with E-state index in [1.165, 1.54) is 18.0 Å². The molecule has 0 unspecified atom stereocenters. The molecule has 0 N–H and O–H groups in total. The summed E-state index contributed by atoms with van der Waals surface area (Å²) in [6.45, 7) is 1.72. The predicted octanol–water partition coefficient (Wildman–Crippen LogP) is 1.97. The molecule has 0 saturated heterocycles. The summed E-state index contributed by atoms with van der Waals surface area (Å²) in [5.41, 5.74) is 0. The Balaban J connectivity index is 2.18. The molecule has 14 heavy (non-hydrogen) atoms. The summed E-state index contributed by atoms with van der Waals surface area (Å²) in [6, 6.07) is 0. The molecule has 0 aliphatic heterocycles. The third kappa shape index (κ3) is 2.21. The number of halogens is 1. The van der Waals surface area contributed by atoms with Gasteiger partial charge in [-0.2, -0.15) is 0 Å². The van der Waals surface area contributed by atoms with Crippen LogP contribution in [0.4, 0.5) is 0 Å². The van der Waals surface area contributed by atoms with Crippen LogP contribution < -0.4 is 0 Å². The summed E-state index contributed by atoms with van der Waals surface area (Å²) in [7, 11) is 0. The molecule has 7 heteroatoms. The molecule has 0 saturated carbocycles. The molecular formula is C7H5ClN4OS. The van der Waals surface area contributed by atoms with E-state index >= 15 is 0 Å². The molecule has 0 aliphatic carbocycles. The van der Waals surface area contributed by atoms with Gasteiger partial charge in [0.1, 0.15) is 10.2 Å². The maximum absolute atomic E-state index is 5.66. The molecule has 0 aliphatic rings. The lowest BCUT2D eigenvalue weighted by molar-refractivity contribution is 0.429. The van der Waals surface area contributed by atoms with Crippen molar-refractivity contribution >= 4 is 23.4 Å². The number of hydrogen-bond donors (Lipinski definition) is 0. The Morgan fingerprint density at radius 3 is 2.86 bits per heavy atom. The molecule has 2 aromatic heterocycles. The molecule has 0 aromatic carbocycles. The van der Waals surface area contributed by atoms with Crippen LogP contribution in [0.15, 0.2) is 27.1 Å². The van der Waals surface area contributed by atoms with Crippen molar-refractivity contribution in [3.8, 4) is 0 Å². The van der Waals surface area contributed by atoms with Gasteiger partial charge in [-0.25, -0.2) is 4.98 Å². The molecule has 0 amide bonds. The molecule has 72 valence electrons. The Bertz CT molecular complexity index is 447. The molecule has 5 nitrogen and oxygen atoms in total. The van der Waals surface area contributed by atoms with Gasteiger partial charge in [-0.1, -0.05) is 11.6 Å². The fourth-order valence-corrected chi connectivity index (χ4v) is 1.66. The van der Waals surface area contributed by atoms with Crippen LogP contribution in [0.3, 0.4) is 0 Å². The molecule has 2 rings (SSSR count). The molecule has 0 bridgehead atoms. The van der Waals surface area contributed by atoms with Crippen LogP contribution in [-0.4, -0.2) is 20.2 Å². The quantitative estimate of drug-likeness (QED) is 0.783. The highest BCUT2D eigenvalue weighted by molar-refractivity contribution is 7.99. The number of nitrogens with zero attached hydrogens (tertiary/aromatic N) is 4. The number of rotatable bonds is 2. The van der Waals surface area contributed by atoms with Gasteiger partial charge >= 0.3 is 0 Å². The molecule has 2 aromatic rings. The second kappa shape index (κ2) is 3.93. The normalized spacial score (nSPS) is 10.4. The van der Waals surface area contributed by atoms with Gasteiger partial charge in [0, 0.05) is 6.92 Å². The zero-order valence-corrected chi connectivity index (χ0v) is 8.71. The zero-order valence-electron chi connectivity index (χ0n) is 7.14. The van der Waals surface area contributed by atoms with Crippen LogP contribution in [-0.2, 0) is 0 Å². The summed E-state index contributed by atoms with van der Waals surface area (Å²) >= 11 is 6.89. The standard InChI is InChI=1S/C7H5ClN4OS/c1-4-11-12-7(13-4)14-6-3-9-2-5(8)10-6/h2-3H,1H3. The second-order valence-electron chi connectivity index (χ2n) is 2.37. The highest BCUT2D eigenvalue weighted by atomic mass is 35.5. The predicted molar refractivity (Wildman–Crippen MR) is 50.2 cm³/mol. The monoisotopic (exact) mass is 228 g/mol. The van der Waals surface area contributed by atoms with E-state index in [-0.39, 0.29) is 0 Å². The lowest BCUT2D eigenvalue weighted by atomic mass is 10.8. The Labute approximate surface area is 88.9 Å². The van der Waals surface area contributed by atoms with Crippen molar-refractivity contribution in [2.45, 2.75) is 17.2 Å². The van der Waals surface area contributed by atoms with Gasteiger partial charge in [0.05, 0.1) is 12.4 Å². The zero-order chi connectivity index (χ0) is 9.97. The second-order valence-corrected chi connectivity index (χ2v) is 3.73. The summed E-state index contributed by atoms with van der Waals surface area (Å²) in [5, 5.41) is 8.89. The van der Waals surface area contributed by atoms with E-state index in [0.717, 1.165) is 0 Å². The molecule has 0 fully saturated rings. The topological polar surface area (TPSA) is 64.7 Å². The van der Waals surface area contributed by atoms with Gasteiger partial charge in [-0.05, 0) is 11.8 Å². The Hall–Kier alpha value is -1.14. The summed E-state index contributed by atoms with van der Waals surface area (Å²) in [5.74, 6) is 0.516. The third-order valence-corrected chi connectivity index (χ3v) is 2.21. The van der Waals surface area contributed by atoms with E-state index < -0.39 is 0 Å². The van der Waals surface area contributed by atoms with Crippen LogP contribution in [0.25, 0.3) is 0 Å². The molecule has 2 heterocycles. The Morgan fingerprint density at radius 2 is 2.21 bits per heavy atom. The number of hydrogen-bond acceptors (Lipinski definition) is 6. The first-order chi connectivity index (χ1) is 6.74. The summed E-state index contributed by atoms with van der Waals surface area (Å²) in [6.07, 6.45) is 3.04. The smallest absolute Gasteiger partial charge is 0.282 e. The van der Waals surface area contributed by atoms with Gasteiger partial charge in [-0.15, -0.1) is 10.2 Å². The minimum absolute atomic E-state index is 0.339. The lowest BCUT2D eigenvalue weighted by Crippen LogP contribution is -1.83. The van der Waals surface area contributed by atoms with Crippen molar-refractivity contribution in [2.75, 3.05) is 0 Å². The van der Waals surface area contributed by atoms with Gasteiger partial charge in [0.2, 0.25) is 5.89 Å². The van der Waals surface area contributed by atoms with E-state index in [1.54, 1.807) is 13.1 Å². The maximum Gasteiger partial charge on any atom is 0.282 e. The van der Waals surface area contributed by atoms with Crippen molar-refractivity contribution in [1.29, 1.82) is 0 Å². The first-order valence-corrected chi connectivity index (χ1v) is 4.89. The van der Waals surface area contributed by atoms with Gasteiger partial charge in [0.25, 0.3) is 5.22 Å². The number of aromatic nitrogens is 4. The van der Waals surface area contributed by atoms with E-state index in [0.29, 0.717) is 21.3 Å². The first-order valence-electron chi connectivity index (χ1n) is 3.69. The summed E-state index contributed by atoms with van der Waals surface area (Å²) < 4.78 is 5.16. The summed E-state index contributed by atoms with van der Waals surface area (Å²) in [4.78, 5) is 7.90. The van der Waals surface area contributed by atoms with Gasteiger partial charge in [-0.3, -0.25) is 4.98 Å². The molecule has 0 radical (unpaired) electrons. The molecule has 0 spiro atoms. The van der Waals surface area contributed by atoms with E-state index in [2.05, 4.69) is 20.2 Å². The molecule has 0 atom stereocenters. The van der Waals surface area contributed by atoms with Gasteiger partial charge in [0.15, 0.2) is 0 Å². The van der Waals surface area contributed by atoms with E-state index in [1.807, 2.05) is 0 Å². The first kappa shape index (κ1) is 9.42. The SMILES string of the molecule is Cc1nnc(Sc2cncc(Cl)n2)o1. The fraction of sp³-hybridized carbons (Fsp3) is 0.143. The van der Waals surface area contributed by atoms with Crippen LogP contribution in [0.1, 0.15) is 5.89 Å². The third-order valence-electron chi connectivity index (χ3n) is 1.28. The van der Waals surface area contributed by atoms with Crippen LogP contribution >= 0.6 is 23.4 Å². The maximum atomic E-state index is 5.66. The Morgan fingerprint density at radius 1 is 1.36 bits per heavy atom.